The van der Waals surface area contributed by atoms with Gasteiger partial charge in [-0.1, -0.05) is 46.3 Å². The number of carbonyl (C=O) groups excluding carboxylic acids is 1. The van der Waals surface area contributed by atoms with Gasteiger partial charge in [-0.15, -0.1) is 0 Å². The molecule has 102 valence electrons. The lowest BCUT2D eigenvalue weighted by atomic mass is 10.1. The zero-order valence-corrected chi connectivity index (χ0v) is 12.4. The molecule has 0 fully saturated rings. The van der Waals surface area contributed by atoms with Crippen LogP contribution in [0.1, 0.15) is 22.8 Å². The molecule has 0 aliphatic carbocycles. The summed E-state index contributed by atoms with van der Waals surface area (Å²) < 4.78 is 0.901. The number of carbonyl (C=O) groups is 1. The summed E-state index contributed by atoms with van der Waals surface area (Å²) in [4.78, 5) is 11.9. The summed E-state index contributed by atoms with van der Waals surface area (Å²) >= 11 is 3.43. The predicted molar refractivity (Wildman–Crippen MR) is 81.9 cm³/mol. The lowest BCUT2D eigenvalue weighted by molar-refractivity contribution is 0.0952. The molecule has 0 spiro atoms. The number of benzene rings is 2. The SMILES string of the molecule is C/C(=N\NC(=O)c1ccccc1O)c1ccccc1Br. The Morgan fingerprint density at radius 1 is 1.10 bits per heavy atom. The van der Waals surface area contributed by atoms with Crippen LogP contribution in [0.2, 0.25) is 0 Å². The van der Waals surface area contributed by atoms with Gasteiger partial charge in [0.25, 0.3) is 5.91 Å². The minimum Gasteiger partial charge on any atom is -0.507 e. The van der Waals surface area contributed by atoms with Crippen molar-refractivity contribution in [3.05, 3.63) is 64.1 Å². The van der Waals surface area contributed by atoms with E-state index < -0.39 is 5.91 Å². The number of hydrazone groups is 1. The van der Waals surface area contributed by atoms with Crippen LogP contribution in [0.25, 0.3) is 0 Å². The highest BCUT2D eigenvalue weighted by atomic mass is 79.9. The van der Waals surface area contributed by atoms with Crippen LogP contribution < -0.4 is 5.43 Å². The maximum Gasteiger partial charge on any atom is 0.275 e. The van der Waals surface area contributed by atoms with Crippen molar-refractivity contribution in [2.75, 3.05) is 0 Å². The Kier molecular flexibility index (Phi) is 4.53. The molecular weight excluding hydrogens is 320 g/mol. The minimum absolute atomic E-state index is 0.0706. The molecule has 2 aromatic rings. The van der Waals surface area contributed by atoms with E-state index >= 15 is 0 Å². The molecule has 0 radical (unpaired) electrons. The molecule has 0 bridgehead atoms. The second kappa shape index (κ2) is 6.34. The topological polar surface area (TPSA) is 61.7 Å². The van der Waals surface area contributed by atoms with Crippen molar-refractivity contribution in [2.24, 2.45) is 5.10 Å². The highest BCUT2D eigenvalue weighted by molar-refractivity contribution is 9.10. The zero-order chi connectivity index (χ0) is 14.5. The van der Waals surface area contributed by atoms with Crippen LogP contribution in [0.4, 0.5) is 0 Å². The Balaban J connectivity index is 2.16. The van der Waals surface area contributed by atoms with Gasteiger partial charge < -0.3 is 5.11 Å². The first-order chi connectivity index (χ1) is 9.59. The van der Waals surface area contributed by atoms with Crippen LogP contribution in [0.5, 0.6) is 5.75 Å². The maximum absolute atomic E-state index is 11.9. The molecule has 0 atom stereocenters. The molecule has 0 unspecified atom stereocenters. The smallest absolute Gasteiger partial charge is 0.275 e. The Bertz CT molecular complexity index is 668. The third-order valence-electron chi connectivity index (χ3n) is 2.74. The van der Waals surface area contributed by atoms with E-state index in [1.54, 1.807) is 19.1 Å². The monoisotopic (exact) mass is 332 g/mol. The van der Waals surface area contributed by atoms with E-state index in [1.807, 2.05) is 24.3 Å². The fourth-order valence-corrected chi connectivity index (χ4v) is 2.25. The number of hydrogen-bond acceptors (Lipinski definition) is 3. The van der Waals surface area contributed by atoms with Crippen LogP contribution in [-0.4, -0.2) is 16.7 Å². The van der Waals surface area contributed by atoms with Crippen LogP contribution in [0.3, 0.4) is 0 Å². The highest BCUT2D eigenvalue weighted by Gasteiger charge is 2.09. The number of para-hydroxylation sites is 1. The van der Waals surface area contributed by atoms with Crippen LogP contribution in [-0.2, 0) is 0 Å². The number of phenolic OH excluding ortho intramolecular Hbond substituents is 1. The number of nitrogens with one attached hydrogen (secondary N) is 1. The molecule has 0 saturated heterocycles. The van der Waals surface area contributed by atoms with Gasteiger partial charge in [0.15, 0.2) is 0 Å². The standard InChI is InChI=1S/C15H13BrN2O2/c1-10(11-6-2-4-8-13(11)16)17-18-15(20)12-7-3-5-9-14(12)19/h2-9,19H,1H3,(H,18,20)/b17-10+. The van der Waals surface area contributed by atoms with Gasteiger partial charge in [-0.3, -0.25) is 4.79 Å². The van der Waals surface area contributed by atoms with Crippen molar-refractivity contribution >= 4 is 27.5 Å². The van der Waals surface area contributed by atoms with Crippen molar-refractivity contribution in [3.8, 4) is 5.75 Å². The first-order valence-electron chi connectivity index (χ1n) is 5.97. The Labute approximate surface area is 125 Å². The molecule has 5 heteroatoms. The molecule has 20 heavy (non-hydrogen) atoms. The molecule has 4 nitrogen and oxygen atoms in total. The number of hydrogen-bond donors (Lipinski definition) is 2. The average Bonchev–Trinajstić information content (AvgIpc) is 2.45. The van der Waals surface area contributed by atoms with Crippen LogP contribution in [0.15, 0.2) is 58.1 Å². The Hall–Kier alpha value is -2.14. The maximum atomic E-state index is 11.9. The van der Waals surface area contributed by atoms with Gasteiger partial charge in [-0.05, 0) is 25.1 Å². The molecule has 2 rings (SSSR count). The van der Waals surface area contributed by atoms with Crippen molar-refractivity contribution in [2.45, 2.75) is 6.92 Å². The molecule has 2 N–H and O–H groups in total. The number of halogens is 1. The number of phenols is 1. The van der Waals surface area contributed by atoms with E-state index in [1.165, 1.54) is 12.1 Å². The van der Waals surface area contributed by atoms with Gasteiger partial charge in [0.2, 0.25) is 0 Å². The molecule has 2 aromatic carbocycles. The van der Waals surface area contributed by atoms with Gasteiger partial charge in [0.05, 0.1) is 11.3 Å². The zero-order valence-electron chi connectivity index (χ0n) is 10.8. The summed E-state index contributed by atoms with van der Waals surface area (Å²) in [6.45, 7) is 1.80. The van der Waals surface area contributed by atoms with Crippen LogP contribution >= 0.6 is 15.9 Å². The number of rotatable bonds is 3. The fourth-order valence-electron chi connectivity index (χ4n) is 1.68. The van der Waals surface area contributed by atoms with Crippen molar-refractivity contribution in [1.29, 1.82) is 0 Å². The molecule has 0 saturated carbocycles. The highest BCUT2D eigenvalue weighted by Crippen LogP contribution is 2.17. The molecule has 0 aromatic heterocycles. The quantitative estimate of drug-likeness (QED) is 0.669. The Morgan fingerprint density at radius 3 is 2.35 bits per heavy atom. The normalized spacial score (nSPS) is 11.2. The number of nitrogens with zero attached hydrogens (tertiary/aromatic N) is 1. The van der Waals surface area contributed by atoms with Gasteiger partial charge in [-0.2, -0.15) is 5.10 Å². The summed E-state index contributed by atoms with van der Waals surface area (Å²) in [6, 6.07) is 13.9. The molecular formula is C15H13BrN2O2. The fraction of sp³-hybridized carbons (Fsp3) is 0.0667. The first kappa shape index (κ1) is 14.3. The summed E-state index contributed by atoms with van der Waals surface area (Å²) in [5, 5.41) is 13.6. The number of aromatic hydroxyl groups is 1. The van der Waals surface area contributed by atoms with E-state index in [4.69, 9.17) is 0 Å². The second-order valence-corrected chi connectivity index (χ2v) is 4.99. The summed E-state index contributed by atoms with van der Waals surface area (Å²) in [6.07, 6.45) is 0. The van der Waals surface area contributed by atoms with E-state index in [9.17, 15) is 9.90 Å². The third-order valence-corrected chi connectivity index (χ3v) is 3.43. The largest absolute Gasteiger partial charge is 0.507 e. The van der Waals surface area contributed by atoms with Crippen molar-refractivity contribution in [3.63, 3.8) is 0 Å². The van der Waals surface area contributed by atoms with Crippen molar-refractivity contribution < 1.29 is 9.90 Å². The lowest BCUT2D eigenvalue weighted by Gasteiger charge is -2.05. The van der Waals surface area contributed by atoms with E-state index in [0.717, 1.165) is 10.0 Å². The summed E-state index contributed by atoms with van der Waals surface area (Å²) in [5.74, 6) is -0.520. The van der Waals surface area contributed by atoms with Gasteiger partial charge in [-0.25, -0.2) is 5.43 Å². The lowest BCUT2D eigenvalue weighted by Crippen LogP contribution is -2.19. The minimum atomic E-state index is -0.450. The molecule has 0 aliphatic heterocycles. The number of amides is 1. The van der Waals surface area contributed by atoms with Gasteiger partial charge in [0, 0.05) is 10.0 Å². The molecule has 0 aliphatic rings. The van der Waals surface area contributed by atoms with Gasteiger partial charge >= 0.3 is 0 Å². The van der Waals surface area contributed by atoms with E-state index in [-0.39, 0.29) is 11.3 Å². The van der Waals surface area contributed by atoms with Crippen molar-refractivity contribution in [1.82, 2.24) is 5.43 Å². The predicted octanol–water partition coefficient (Wildman–Crippen LogP) is 3.31. The average molecular weight is 333 g/mol. The van der Waals surface area contributed by atoms with Crippen LogP contribution in [0, 0.1) is 0 Å². The van der Waals surface area contributed by atoms with E-state index in [2.05, 4.69) is 26.5 Å². The summed E-state index contributed by atoms with van der Waals surface area (Å²) in [5.41, 5.74) is 4.19. The molecule has 0 heterocycles. The Morgan fingerprint density at radius 2 is 1.70 bits per heavy atom. The van der Waals surface area contributed by atoms with Gasteiger partial charge in [0.1, 0.15) is 5.75 Å². The van der Waals surface area contributed by atoms with E-state index in [0.29, 0.717) is 5.71 Å². The second-order valence-electron chi connectivity index (χ2n) is 4.14. The molecule has 1 amide bonds. The summed E-state index contributed by atoms with van der Waals surface area (Å²) in [7, 11) is 0. The third kappa shape index (κ3) is 3.24. The first-order valence-corrected chi connectivity index (χ1v) is 6.76.